The van der Waals surface area contributed by atoms with Crippen molar-refractivity contribution in [1.82, 2.24) is 5.23 Å². The molecular weight excluding hydrogens is 285 g/mol. The molecule has 1 amide bonds. The number of anilines is 1. The Labute approximate surface area is 106 Å². The van der Waals surface area contributed by atoms with Crippen LogP contribution in [0.15, 0.2) is 12.1 Å². The van der Waals surface area contributed by atoms with Crippen molar-refractivity contribution in [3.05, 3.63) is 29.3 Å². The fourth-order valence-corrected chi connectivity index (χ4v) is 1.99. The zero-order chi connectivity index (χ0) is 14.6. The fraction of sp³-hybridized carbons (Fsp3) is 0. The van der Waals surface area contributed by atoms with Gasteiger partial charge < -0.3 is 10.3 Å². The van der Waals surface area contributed by atoms with E-state index >= 15 is 0 Å². The molecule has 11 heteroatoms. The number of carboxylic acid groups (broad SMARTS) is 1. The summed E-state index contributed by atoms with van der Waals surface area (Å²) < 4.78 is 50.9. The van der Waals surface area contributed by atoms with Gasteiger partial charge in [0, 0.05) is 6.07 Å². The van der Waals surface area contributed by atoms with Crippen LogP contribution in [0.4, 0.5) is 14.5 Å². The number of benzene rings is 1. The number of carbonyl (C=O) groups excluding carboxylic acids is 1. The van der Waals surface area contributed by atoms with E-state index in [0.717, 1.165) is 0 Å². The third kappa shape index (κ3) is 3.91. The van der Waals surface area contributed by atoms with E-state index in [-0.39, 0.29) is 6.41 Å². The second-order valence-electron chi connectivity index (χ2n) is 3.30. The van der Waals surface area contributed by atoms with Crippen LogP contribution in [0, 0.1) is 11.6 Å². The fourth-order valence-electron chi connectivity index (χ4n) is 1.14. The molecule has 3 N–H and O–H groups in total. The summed E-state index contributed by atoms with van der Waals surface area (Å²) in [5.41, 5.74) is -1.68. The van der Waals surface area contributed by atoms with Gasteiger partial charge in [0.2, 0.25) is 9.87 Å². The molecule has 0 bridgehead atoms. The van der Waals surface area contributed by atoms with Crippen molar-refractivity contribution in [2.75, 3.05) is 4.72 Å². The molecular formula is C8H7BF2N2O5S. The summed E-state index contributed by atoms with van der Waals surface area (Å²) in [7, 11) is -4.12. The van der Waals surface area contributed by atoms with E-state index in [1.54, 1.807) is 4.72 Å². The molecule has 0 aromatic heterocycles. The third-order valence-electron chi connectivity index (χ3n) is 1.91. The Kier molecular flexibility index (Phi) is 4.43. The summed E-state index contributed by atoms with van der Waals surface area (Å²) in [4.78, 5) is 20.5. The first-order valence-electron chi connectivity index (χ1n) is 4.66. The van der Waals surface area contributed by atoms with E-state index in [9.17, 15) is 26.8 Å². The molecule has 0 atom stereocenters. The first-order chi connectivity index (χ1) is 8.76. The second-order valence-corrected chi connectivity index (χ2v) is 5.02. The molecule has 7 nitrogen and oxygen atoms in total. The highest BCUT2D eigenvalue weighted by Crippen LogP contribution is 2.20. The SMILES string of the molecule is O=CNBS(=O)(=O)Nc1cc(F)c(C(=O)O)cc1F. The van der Waals surface area contributed by atoms with Gasteiger partial charge in [0.25, 0.3) is 0 Å². The van der Waals surface area contributed by atoms with E-state index in [1.807, 2.05) is 5.23 Å². The maximum Gasteiger partial charge on any atom is 0.410 e. The Bertz CT molecular complexity index is 622. The van der Waals surface area contributed by atoms with Crippen molar-refractivity contribution in [2.45, 2.75) is 0 Å². The minimum absolute atomic E-state index is 0.115. The van der Waals surface area contributed by atoms with Gasteiger partial charge in [-0.25, -0.2) is 22.0 Å². The summed E-state index contributed by atoms with van der Waals surface area (Å²) in [6, 6.07) is 0.750. The van der Waals surface area contributed by atoms with Gasteiger partial charge in [-0.05, 0) is 6.07 Å². The Hall–Kier alpha value is -2.17. The van der Waals surface area contributed by atoms with Gasteiger partial charge >= 0.3 is 12.7 Å². The Balaban J connectivity index is 3.07. The molecule has 0 radical (unpaired) electrons. The van der Waals surface area contributed by atoms with Crippen molar-refractivity contribution in [3.63, 3.8) is 0 Å². The molecule has 0 saturated heterocycles. The zero-order valence-electron chi connectivity index (χ0n) is 9.18. The van der Waals surface area contributed by atoms with Crippen molar-refractivity contribution in [3.8, 4) is 0 Å². The summed E-state index contributed by atoms with van der Waals surface area (Å²) >= 11 is 0. The van der Waals surface area contributed by atoms with Gasteiger partial charge in [-0.15, -0.1) is 0 Å². The molecule has 0 unspecified atom stereocenters. The van der Waals surface area contributed by atoms with Crippen molar-refractivity contribution >= 4 is 34.6 Å². The first-order valence-corrected chi connectivity index (χ1v) is 6.32. The molecule has 1 aromatic rings. The predicted molar refractivity (Wildman–Crippen MR) is 62.2 cm³/mol. The average molecular weight is 292 g/mol. The molecule has 0 heterocycles. The first kappa shape index (κ1) is 14.9. The lowest BCUT2D eigenvalue weighted by molar-refractivity contribution is -0.108. The van der Waals surface area contributed by atoms with Crippen LogP contribution in [0.2, 0.25) is 0 Å². The molecule has 0 aliphatic heterocycles. The smallest absolute Gasteiger partial charge is 0.410 e. The average Bonchev–Trinajstić information content (AvgIpc) is 2.30. The van der Waals surface area contributed by atoms with Gasteiger partial charge in [-0.2, -0.15) is 0 Å². The Morgan fingerprint density at radius 2 is 1.95 bits per heavy atom. The molecule has 0 aliphatic carbocycles. The van der Waals surface area contributed by atoms with Gasteiger partial charge in [0.05, 0.1) is 11.3 Å². The van der Waals surface area contributed by atoms with Crippen LogP contribution in [-0.2, 0) is 14.7 Å². The van der Waals surface area contributed by atoms with Crippen molar-refractivity contribution in [2.24, 2.45) is 0 Å². The summed E-state index contributed by atoms with van der Waals surface area (Å²) in [6.07, 6.45) is 0.115. The van der Waals surface area contributed by atoms with Crippen molar-refractivity contribution < 1.29 is 31.9 Å². The Morgan fingerprint density at radius 1 is 1.32 bits per heavy atom. The highest BCUT2D eigenvalue weighted by atomic mass is 32.2. The maximum absolute atomic E-state index is 13.4. The summed E-state index contributed by atoms with van der Waals surface area (Å²) in [5.74, 6) is -4.24. The molecule has 0 saturated carbocycles. The van der Waals surface area contributed by atoms with Gasteiger partial charge in [0.1, 0.15) is 11.6 Å². The molecule has 0 spiro atoms. The van der Waals surface area contributed by atoms with E-state index < -0.39 is 45.4 Å². The number of aromatic carboxylic acids is 1. The van der Waals surface area contributed by atoms with Crippen LogP contribution in [0.1, 0.15) is 10.4 Å². The predicted octanol–water partition coefficient (Wildman–Crippen LogP) is -0.583. The maximum atomic E-state index is 13.4. The van der Waals surface area contributed by atoms with Crippen molar-refractivity contribution in [1.29, 1.82) is 0 Å². The number of amides is 1. The van der Waals surface area contributed by atoms with Crippen LogP contribution in [0.3, 0.4) is 0 Å². The lowest BCUT2D eigenvalue weighted by Crippen LogP contribution is -2.31. The topological polar surface area (TPSA) is 113 Å². The minimum Gasteiger partial charge on any atom is -0.478 e. The standard InChI is InChI=1S/C8H7BF2N2O5S/c10-5-2-7(6(11)1-4(5)8(15)16)13-19(17,18)9-12-3-14/h1-3,9,13H,(H,12,14)(H,15,16). The zero-order valence-corrected chi connectivity index (χ0v) is 10.0. The number of hydrogen-bond acceptors (Lipinski definition) is 4. The molecule has 1 aromatic carbocycles. The lowest BCUT2D eigenvalue weighted by atomic mass is 10.2. The Morgan fingerprint density at radius 3 is 2.47 bits per heavy atom. The van der Waals surface area contributed by atoms with Crippen LogP contribution < -0.4 is 9.95 Å². The normalized spacial score (nSPS) is 10.6. The molecule has 0 fully saturated rings. The van der Waals surface area contributed by atoms with Gasteiger partial charge in [0.15, 0.2) is 6.41 Å². The summed E-state index contributed by atoms with van der Waals surface area (Å²) in [5, 5.41) is 10.4. The monoisotopic (exact) mass is 292 g/mol. The van der Waals surface area contributed by atoms with Crippen LogP contribution in [-0.4, -0.2) is 32.6 Å². The van der Waals surface area contributed by atoms with Crippen LogP contribution in [0.5, 0.6) is 0 Å². The lowest BCUT2D eigenvalue weighted by Gasteiger charge is -2.08. The molecule has 102 valence electrons. The van der Waals surface area contributed by atoms with E-state index in [4.69, 9.17) is 5.11 Å². The molecule has 1 rings (SSSR count). The van der Waals surface area contributed by atoms with Crippen LogP contribution >= 0.6 is 0 Å². The highest BCUT2D eigenvalue weighted by Gasteiger charge is 2.19. The number of nitrogens with one attached hydrogen (secondary N) is 2. The van der Waals surface area contributed by atoms with E-state index in [1.165, 1.54) is 0 Å². The summed E-state index contributed by atoms with van der Waals surface area (Å²) in [6.45, 7) is -0.835. The highest BCUT2D eigenvalue weighted by molar-refractivity contribution is 8.16. The van der Waals surface area contributed by atoms with Crippen LogP contribution in [0.25, 0.3) is 0 Å². The van der Waals surface area contributed by atoms with E-state index in [2.05, 4.69) is 0 Å². The third-order valence-corrected chi connectivity index (χ3v) is 2.99. The quantitative estimate of drug-likeness (QED) is 0.479. The van der Waals surface area contributed by atoms with Gasteiger partial charge in [-0.1, -0.05) is 0 Å². The largest absolute Gasteiger partial charge is 0.478 e. The minimum atomic E-state index is -4.12. The number of rotatable bonds is 6. The number of hydrogen-bond donors (Lipinski definition) is 3. The number of halogens is 2. The van der Waals surface area contributed by atoms with Gasteiger partial charge in [-0.3, -0.25) is 9.52 Å². The number of carboxylic acids is 1. The second kappa shape index (κ2) is 5.65. The van der Waals surface area contributed by atoms with E-state index in [0.29, 0.717) is 12.1 Å². The molecule has 19 heavy (non-hydrogen) atoms. The number of carbonyl (C=O) groups is 2. The molecule has 0 aliphatic rings.